The Morgan fingerprint density at radius 1 is 1.29 bits per heavy atom. The molecule has 0 spiro atoms. The molecular weight excluding hydrogens is 290 g/mol. The van der Waals surface area contributed by atoms with Crippen molar-refractivity contribution >= 4 is 34.8 Å². The number of halogens is 1. The third kappa shape index (κ3) is 4.11. The molecule has 1 fully saturated rings. The molecule has 114 valence electrons. The lowest BCUT2D eigenvalue weighted by Gasteiger charge is -2.22. The lowest BCUT2D eigenvalue weighted by atomic mass is 10.2. The molecule has 0 aliphatic carbocycles. The summed E-state index contributed by atoms with van der Waals surface area (Å²) in [6, 6.07) is 4.93. The van der Waals surface area contributed by atoms with Crippen LogP contribution in [0.2, 0.25) is 5.02 Å². The predicted molar refractivity (Wildman–Crippen MR) is 84.7 cm³/mol. The number of rotatable bonds is 4. The summed E-state index contributed by atoms with van der Waals surface area (Å²) in [5.74, 6) is -0.0650. The Bertz CT molecular complexity index is 542. The molecule has 0 saturated carbocycles. The molecule has 1 aromatic rings. The number of nitrogens with one attached hydrogen (secondary N) is 2. The molecule has 0 aromatic heterocycles. The Kier molecular flexibility index (Phi) is 5.07. The van der Waals surface area contributed by atoms with E-state index in [-0.39, 0.29) is 17.9 Å². The van der Waals surface area contributed by atoms with Crippen molar-refractivity contribution in [2.24, 2.45) is 0 Å². The first-order valence-corrected chi connectivity index (χ1v) is 7.47. The predicted octanol–water partition coefficient (Wildman–Crippen LogP) is 2.72. The topological polar surface area (TPSA) is 61.4 Å². The number of carbonyl (C=O) groups is 2. The molecule has 1 aliphatic rings. The molecular formula is C15H20ClN3O2. The summed E-state index contributed by atoms with van der Waals surface area (Å²) in [5, 5.41) is 6.24. The molecule has 1 heterocycles. The lowest BCUT2D eigenvalue weighted by Crippen LogP contribution is -2.39. The van der Waals surface area contributed by atoms with E-state index in [4.69, 9.17) is 11.6 Å². The van der Waals surface area contributed by atoms with Crippen LogP contribution in [0, 0.1) is 0 Å². The highest BCUT2D eigenvalue weighted by molar-refractivity contribution is 6.34. The van der Waals surface area contributed by atoms with Crippen molar-refractivity contribution in [3.63, 3.8) is 0 Å². The normalized spacial score (nSPS) is 15.7. The highest BCUT2D eigenvalue weighted by Gasteiger charge is 2.23. The first-order valence-electron chi connectivity index (χ1n) is 7.10. The molecule has 6 heteroatoms. The van der Waals surface area contributed by atoms with Gasteiger partial charge in [0.15, 0.2) is 0 Å². The van der Waals surface area contributed by atoms with Crippen LogP contribution in [0.3, 0.4) is 0 Å². The second-order valence-electron chi connectivity index (χ2n) is 5.27. The summed E-state index contributed by atoms with van der Waals surface area (Å²) >= 11 is 6.11. The van der Waals surface area contributed by atoms with Gasteiger partial charge in [-0.25, -0.2) is 0 Å². The van der Waals surface area contributed by atoms with E-state index in [1.807, 2.05) is 11.8 Å². The quantitative estimate of drug-likeness (QED) is 0.899. The van der Waals surface area contributed by atoms with Gasteiger partial charge in [0, 0.05) is 25.7 Å². The zero-order chi connectivity index (χ0) is 15.4. The van der Waals surface area contributed by atoms with Crippen LogP contribution in [-0.2, 0) is 9.59 Å². The monoisotopic (exact) mass is 309 g/mol. The molecule has 0 unspecified atom stereocenters. The van der Waals surface area contributed by atoms with Gasteiger partial charge in [0.2, 0.25) is 11.8 Å². The SMILES string of the molecule is CC(=O)Nc1ccc(N[C@H](C)C(=O)N2CCCC2)cc1Cl. The maximum absolute atomic E-state index is 12.2. The Morgan fingerprint density at radius 2 is 1.95 bits per heavy atom. The molecule has 1 aliphatic heterocycles. The lowest BCUT2D eigenvalue weighted by molar-refractivity contribution is -0.130. The zero-order valence-electron chi connectivity index (χ0n) is 12.3. The standard InChI is InChI=1S/C15H20ClN3O2/c1-10(15(21)19-7-3-4-8-19)17-12-5-6-14(13(16)9-12)18-11(2)20/h5-6,9-10,17H,3-4,7-8H2,1-2H3,(H,18,20)/t10-/m1/s1. The first kappa shape index (κ1) is 15.6. The minimum Gasteiger partial charge on any atom is -0.374 e. The number of benzene rings is 1. The van der Waals surface area contributed by atoms with Crippen LogP contribution in [0.25, 0.3) is 0 Å². The van der Waals surface area contributed by atoms with Crippen LogP contribution in [0.15, 0.2) is 18.2 Å². The van der Waals surface area contributed by atoms with Gasteiger partial charge in [-0.1, -0.05) is 11.6 Å². The highest BCUT2D eigenvalue weighted by atomic mass is 35.5. The van der Waals surface area contributed by atoms with E-state index < -0.39 is 0 Å². The van der Waals surface area contributed by atoms with E-state index in [1.54, 1.807) is 18.2 Å². The zero-order valence-corrected chi connectivity index (χ0v) is 13.0. The van der Waals surface area contributed by atoms with Gasteiger partial charge in [0.1, 0.15) is 6.04 Å². The number of hydrogen-bond donors (Lipinski definition) is 2. The van der Waals surface area contributed by atoms with Gasteiger partial charge in [-0.2, -0.15) is 0 Å². The summed E-state index contributed by atoms with van der Waals surface area (Å²) < 4.78 is 0. The van der Waals surface area contributed by atoms with Crippen molar-refractivity contribution in [3.05, 3.63) is 23.2 Å². The molecule has 2 rings (SSSR count). The largest absolute Gasteiger partial charge is 0.374 e. The fourth-order valence-electron chi connectivity index (χ4n) is 2.42. The van der Waals surface area contributed by atoms with Gasteiger partial charge >= 0.3 is 0 Å². The average Bonchev–Trinajstić information content (AvgIpc) is 2.94. The number of nitrogens with zero attached hydrogens (tertiary/aromatic N) is 1. The van der Waals surface area contributed by atoms with Crippen molar-refractivity contribution in [1.29, 1.82) is 0 Å². The Labute approximate surface area is 129 Å². The van der Waals surface area contributed by atoms with Gasteiger partial charge in [0.05, 0.1) is 10.7 Å². The number of likely N-dealkylation sites (tertiary alicyclic amines) is 1. The highest BCUT2D eigenvalue weighted by Crippen LogP contribution is 2.26. The van der Waals surface area contributed by atoms with Crippen LogP contribution in [-0.4, -0.2) is 35.8 Å². The number of hydrogen-bond acceptors (Lipinski definition) is 3. The molecule has 1 atom stereocenters. The van der Waals surface area contributed by atoms with Gasteiger partial charge in [-0.05, 0) is 38.0 Å². The molecule has 5 nitrogen and oxygen atoms in total. The van der Waals surface area contributed by atoms with Crippen LogP contribution >= 0.6 is 11.6 Å². The van der Waals surface area contributed by atoms with Gasteiger partial charge in [0.25, 0.3) is 0 Å². The van der Waals surface area contributed by atoms with Gasteiger partial charge in [-0.15, -0.1) is 0 Å². The molecule has 21 heavy (non-hydrogen) atoms. The average molecular weight is 310 g/mol. The summed E-state index contributed by atoms with van der Waals surface area (Å²) in [6.45, 7) is 4.95. The number of anilines is 2. The number of amides is 2. The summed E-state index contributed by atoms with van der Waals surface area (Å²) in [6.07, 6.45) is 2.16. The van der Waals surface area contributed by atoms with Crippen molar-refractivity contribution < 1.29 is 9.59 Å². The number of carbonyl (C=O) groups excluding carboxylic acids is 2. The molecule has 1 aromatic carbocycles. The van der Waals surface area contributed by atoms with Crippen LogP contribution < -0.4 is 10.6 Å². The Hall–Kier alpha value is -1.75. The van der Waals surface area contributed by atoms with Crippen molar-refractivity contribution in [1.82, 2.24) is 4.90 Å². The fourth-order valence-corrected chi connectivity index (χ4v) is 2.65. The van der Waals surface area contributed by atoms with Crippen molar-refractivity contribution in [2.75, 3.05) is 23.7 Å². The van der Waals surface area contributed by atoms with E-state index in [1.165, 1.54) is 6.92 Å². The maximum atomic E-state index is 12.2. The van der Waals surface area contributed by atoms with Crippen molar-refractivity contribution in [2.45, 2.75) is 32.7 Å². The third-order valence-corrected chi connectivity index (χ3v) is 3.76. The minimum absolute atomic E-state index is 0.106. The maximum Gasteiger partial charge on any atom is 0.244 e. The second-order valence-corrected chi connectivity index (χ2v) is 5.68. The summed E-state index contributed by atoms with van der Waals surface area (Å²) in [4.78, 5) is 25.1. The molecule has 2 N–H and O–H groups in total. The van der Waals surface area contributed by atoms with Crippen LogP contribution in [0.5, 0.6) is 0 Å². The molecule has 2 amide bonds. The first-order chi connectivity index (χ1) is 9.97. The second kappa shape index (κ2) is 6.80. The van der Waals surface area contributed by atoms with E-state index in [0.29, 0.717) is 10.7 Å². The van der Waals surface area contributed by atoms with Gasteiger partial charge < -0.3 is 15.5 Å². The summed E-state index contributed by atoms with van der Waals surface area (Å²) in [7, 11) is 0. The van der Waals surface area contributed by atoms with Gasteiger partial charge in [-0.3, -0.25) is 9.59 Å². The van der Waals surface area contributed by atoms with Crippen LogP contribution in [0.1, 0.15) is 26.7 Å². The van der Waals surface area contributed by atoms with E-state index >= 15 is 0 Å². The van der Waals surface area contributed by atoms with E-state index in [2.05, 4.69) is 10.6 Å². The molecule has 0 bridgehead atoms. The molecule has 1 saturated heterocycles. The molecule has 0 radical (unpaired) electrons. The van der Waals surface area contributed by atoms with Crippen LogP contribution in [0.4, 0.5) is 11.4 Å². The Morgan fingerprint density at radius 3 is 2.52 bits per heavy atom. The van der Waals surface area contributed by atoms with E-state index in [0.717, 1.165) is 31.6 Å². The smallest absolute Gasteiger partial charge is 0.244 e. The van der Waals surface area contributed by atoms with Crippen molar-refractivity contribution in [3.8, 4) is 0 Å². The van der Waals surface area contributed by atoms with E-state index in [9.17, 15) is 9.59 Å². The minimum atomic E-state index is -0.300. The summed E-state index contributed by atoms with van der Waals surface area (Å²) in [5.41, 5.74) is 1.32. The fraction of sp³-hybridized carbons (Fsp3) is 0.467. The Balaban J connectivity index is 2.00. The third-order valence-electron chi connectivity index (χ3n) is 3.45.